The van der Waals surface area contributed by atoms with Crippen LogP contribution >= 0.6 is 0 Å². The number of carbonyl (C=O) groups excluding carboxylic acids is 1. The van der Waals surface area contributed by atoms with Crippen LogP contribution in [-0.4, -0.2) is 39.3 Å². The predicted molar refractivity (Wildman–Crippen MR) is 78.6 cm³/mol. The van der Waals surface area contributed by atoms with Gasteiger partial charge in [0.1, 0.15) is 0 Å². The summed E-state index contributed by atoms with van der Waals surface area (Å²) in [6.45, 7) is 5.16. The van der Waals surface area contributed by atoms with E-state index in [1.54, 1.807) is 19.2 Å². The molecule has 0 aliphatic carbocycles. The first-order valence-electron chi connectivity index (χ1n) is 6.40. The van der Waals surface area contributed by atoms with E-state index in [4.69, 9.17) is 10.5 Å². The van der Waals surface area contributed by atoms with E-state index < -0.39 is 0 Å². The molecule has 0 spiro atoms. The number of nitrogens with zero attached hydrogens (tertiary/aromatic N) is 1. The SMILES string of the molecule is CCNC(=O)c1ccc(N(C)C(C)COC)c(N)c1. The van der Waals surface area contributed by atoms with E-state index in [0.717, 1.165) is 5.69 Å². The second kappa shape index (κ2) is 6.99. The van der Waals surface area contributed by atoms with Crippen LogP contribution in [0, 0.1) is 0 Å². The quantitative estimate of drug-likeness (QED) is 0.765. The highest BCUT2D eigenvalue weighted by Crippen LogP contribution is 2.25. The summed E-state index contributed by atoms with van der Waals surface area (Å²) < 4.78 is 5.13. The fourth-order valence-corrected chi connectivity index (χ4v) is 1.87. The molecule has 1 unspecified atom stereocenters. The second-order valence-corrected chi connectivity index (χ2v) is 4.55. The van der Waals surface area contributed by atoms with Gasteiger partial charge in [-0.2, -0.15) is 0 Å². The van der Waals surface area contributed by atoms with Crippen molar-refractivity contribution >= 4 is 17.3 Å². The number of anilines is 2. The Morgan fingerprint density at radius 1 is 1.53 bits per heavy atom. The Kier molecular flexibility index (Phi) is 5.63. The van der Waals surface area contributed by atoms with Crippen LogP contribution < -0.4 is 16.0 Å². The van der Waals surface area contributed by atoms with Crippen molar-refractivity contribution in [2.75, 3.05) is 37.9 Å². The van der Waals surface area contributed by atoms with Gasteiger partial charge in [0, 0.05) is 32.3 Å². The molecule has 1 amide bonds. The topological polar surface area (TPSA) is 67.6 Å². The molecule has 1 rings (SSSR count). The van der Waals surface area contributed by atoms with E-state index in [1.807, 2.05) is 24.9 Å². The molecule has 0 radical (unpaired) electrons. The largest absolute Gasteiger partial charge is 0.397 e. The highest BCUT2D eigenvalue weighted by Gasteiger charge is 2.14. The summed E-state index contributed by atoms with van der Waals surface area (Å²) in [6.07, 6.45) is 0. The number of nitrogens with two attached hydrogens (primary N) is 1. The third-order valence-electron chi connectivity index (χ3n) is 3.08. The Morgan fingerprint density at radius 3 is 2.74 bits per heavy atom. The number of benzene rings is 1. The number of carbonyl (C=O) groups is 1. The molecule has 1 atom stereocenters. The van der Waals surface area contributed by atoms with Crippen molar-refractivity contribution in [2.45, 2.75) is 19.9 Å². The minimum absolute atomic E-state index is 0.103. The Balaban J connectivity index is 2.91. The van der Waals surface area contributed by atoms with E-state index in [-0.39, 0.29) is 11.9 Å². The monoisotopic (exact) mass is 265 g/mol. The van der Waals surface area contributed by atoms with Gasteiger partial charge in [0.2, 0.25) is 0 Å². The zero-order chi connectivity index (χ0) is 14.4. The summed E-state index contributed by atoms with van der Waals surface area (Å²) in [5, 5.41) is 2.75. The van der Waals surface area contributed by atoms with Crippen LogP contribution in [0.5, 0.6) is 0 Å². The fraction of sp³-hybridized carbons (Fsp3) is 0.500. The lowest BCUT2D eigenvalue weighted by Crippen LogP contribution is -2.33. The van der Waals surface area contributed by atoms with Gasteiger partial charge < -0.3 is 20.7 Å². The molecular formula is C14H23N3O2. The van der Waals surface area contributed by atoms with Crippen molar-refractivity contribution in [2.24, 2.45) is 0 Å². The Labute approximate surface area is 114 Å². The molecule has 1 aromatic carbocycles. The van der Waals surface area contributed by atoms with Crippen LogP contribution in [0.15, 0.2) is 18.2 Å². The summed E-state index contributed by atoms with van der Waals surface area (Å²) in [6, 6.07) is 5.57. The molecule has 3 N–H and O–H groups in total. The third kappa shape index (κ3) is 3.86. The van der Waals surface area contributed by atoms with Crippen molar-refractivity contribution in [3.63, 3.8) is 0 Å². The van der Waals surface area contributed by atoms with Crippen molar-refractivity contribution in [1.29, 1.82) is 0 Å². The van der Waals surface area contributed by atoms with Crippen molar-refractivity contribution < 1.29 is 9.53 Å². The fourth-order valence-electron chi connectivity index (χ4n) is 1.87. The highest BCUT2D eigenvalue weighted by molar-refractivity contribution is 5.96. The first-order valence-corrected chi connectivity index (χ1v) is 6.40. The molecule has 0 saturated carbocycles. The van der Waals surface area contributed by atoms with Crippen LogP contribution in [0.25, 0.3) is 0 Å². The second-order valence-electron chi connectivity index (χ2n) is 4.55. The predicted octanol–water partition coefficient (Wildman–Crippen LogP) is 1.49. The van der Waals surface area contributed by atoms with Gasteiger partial charge in [-0.05, 0) is 32.0 Å². The smallest absolute Gasteiger partial charge is 0.251 e. The molecule has 0 aliphatic rings. The Hall–Kier alpha value is -1.75. The van der Waals surface area contributed by atoms with Crippen molar-refractivity contribution in [3.8, 4) is 0 Å². The Morgan fingerprint density at radius 2 is 2.21 bits per heavy atom. The zero-order valence-electron chi connectivity index (χ0n) is 12.1. The lowest BCUT2D eigenvalue weighted by Gasteiger charge is -2.27. The summed E-state index contributed by atoms with van der Waals surface area (Å²) in [4.78, 5) is 13.8. The van der Waals surface area contributed by atoms with Crippen LogP contribution in [0.2, 0.25) is 0 Å². The number of ether oxygens (including phenoxy) is 1. The van der Waals surface area contributed by atoms with E-state index in [0.29, 0.717) is 24.4 Å². The van der Waals surface area contributed by atoms with Crippen LogP contribution in [0.1, 0.15) is 24.2 Å². The standard InChI is InChI=1S/C14H23N3O2/c1-5-16-14(18)11-6-7-13(12(15)8-11)17(3)10(2)9-19-4/h6-8,10H,5,9,15H2,1-4H3,(H,16,18). The number of amides is 1. The lowest BCUT2D eigenvalue weighted by atomic mass is 10.1. The number of nitrogens with one attached hydrogen (secondary N) is 1. The molecule has 106 valence electrons. The summed E-state index contributed by atoms with van der Waals surface area (Å²) in [5.74, 6) is -0.103. The maximum Gasteiger partial charge on any atom is 0.251 e. The minimum Gasteiger partial charge on any atom is -0.397 e. The van der Waals surface area contributed by atoms with Gasteiger partial charge in [0.25, 0.3) is 5.91 Å². The zero-order valence-corrected chi connectivity index (χ0v) is 12.1. The maximum atomic E-state index is 11.7. The summed E-state index contributed by atoms with van der Waals surface area (Å²) in [5.41, 5.74) is 8.10. The van der Waals surface area contributed by atoms with Gasteiger partial charge in [-0.25, -0.2) is 0 Å². The number of methoxy groups -OCH3 is 1. The normalized spacial score (nSPS) is 12.0. The van der Waals surface area contributed by atoms with Gasteiger partial charge >= 0.3 is 0 Å². The highest BCUT2D eigenvalue weighted by atomic mass is 16.5. The van der Waals surface area contributed by atoms with E-state index >= 15 is 0 Å². The average Bonchev–Trinajstić information content (AvgIpc) is 2.38. The molecule has 0 bridgehead atoms. The molecular weight excluding hydrogens is 242 g/mol. The van der Waals surface area contributed by atoms with Gasteiger partial charge in [-0.3, -0.25) is 4.79 Å². The Bertz CT molecular complexity index is 435. The first kappa shape index (κ1) is 15.3. The lowest BCUT2D eigenvalue weighted by molar-refractivity contribution is 0.0956. The number of likely N-dealkylation sites (N-methyl/N-ethyl adjacent to an activating group) is 1. The molecule has 1 aromatic rings. The maximum absolute atomic E-state index is 11.7. The van der Waals surface area contributed by atoms with Crippen molar-refractivity contribution in [1.82, 2.24) is 5.32 Å². The molecule has 5 nitrogen and oxygen atoms in total. The van der Waals surface area contributed by atoms with Gasteiger partial charge in [-0.1, -0.05) is 0 Å². The number of hydrogen-bond donors (Lipinski definition) is 2. The first-order chi connectivity index (χ1) is 9.01. The molecule has 0 aliphatic heterocycles. The molecule has 0 aromatic heterocycles. The number of rotatable bonds is 6. The molecule has 0 saturated heterocycles. The van der Waals surface area contributed by atoms with Crippen LogP contribution in [0.4, 0.5) is 11.4 Å². The summed E-state index contributed by atoms with van der Waals surface area (Å²) >= 11 is 0. The van der Waals surface area contributed by atoms with Gasteiger partial charge in [0.05, 0.1) is 18.0 Å². The van der Waals surface area contributed by atoms with Gasteiger partial charge in [0.15, 0.2) is 0 Å². The van der Waals surface area contributed by atoms with E-state index in [2.05, 4.69) is 12.2 Å². The molecule has 0 heterocycles. The van der Waals surface area contributed by atoms with Crippen LogP contribution in [0.3, 0.4) is 0 Å². The third-order valence-corrected chi connectivity index (χ3v) is 3.08. The molecule has 19 heavy (non-hydrogen) atoms. The summed E-state index contributed by atoms with van der Waals surface area (Å²) in [7, 11) is 3.63. The average molecular weight is 265 g/mol. The van der Waals surface area contributed by atoms with Crippen molar-refractivity contribution in [3.05, 3.63) is 23.8 Å². The van der Waals surface area contributed by atoms with Crippen LogP contribution in [-0.2, 0) is 4.74 Å². The minimum atomic E-state index is -0.103. The number of hydrogen-bond acceptors (Lipinski definition) is 4. The van der Waals surface area contributed by atoms with Gasteiger partial charge in [-0.15, -0.1) is 0 Å². The molecule has 0 fully saturated rings. The van der Waals surface area contributed by atoms with E-state index in [9.17, 15) is 4.79 Å². The van der Waals surface area contributed by atoms with E-state index in [1.165, 1.54) is 0 Å². The number of nitrogen functional groups attached to an aromatic ring is 1. The molecule has 5 heteroatoms.